The Balaban J connectivity index is 0.000000109. The van der Waals surface area contributed by atoms with Gasteiger partial charge in [-0.05, 0) is 352 Å². The fraction of sp³-hybridized carbons (Fsp3) is 0.120. The second-order valence-corrected chi connectivity index (χ2v) is 46.6. The summed E-state index contributed by atoms with van der Waals surface area (Å²) in [5.41, 5.74) is 6.58. The van der Waals surface area contributed by atoms with Crippen molar-refractivity contribution in [3.05, 3.63) is 401 Å². The zero-order valence-corrected chi connectivity index (χ0v) is 99.1. The van der Waals surface area contributed by atoms with Gasteiger partial charge in [-0.2, -0.15) is 0 Å². The van der Waals surface area contributed by atoms with E-state index in [1.165, 1.54) is 24.3 Å². The third-order valence-electron chi connectivity index (χ3n) is 27.2. The van der Waals surface area contributed by atoms with E-state index in [2.05, 4.69) is 220 Å². The molecule has 754 valence electrons. The zero-order chi connectivity index (χ0) is 106. The van der Waals surface area contributed by atoms with Crippen LogP contribution in [0.4, 0.5) is 0 Å². The Hall–Kier alpha value is -9.61. The number of nitrogens with one attached hydrogen (secondary N) is 2. The first kappa shape index (κ1) is 105. The molecule has 2 unspecified atom stereocenters. The summed E-state index contributed by atoms with van der Waals surface area (Å²) in [6, 6.07) is 61.5. The van der Waals surface area contributed by atoms with Gasteiger partial charge in [0, 0.05) is 73.3 Å². The first-order chi connectivity index (χ1) is 71.2. The summed E-state index contributed by atoms with van der Waals surface area (Å²) in [5, 5.41) is 88.8. The van der Waals surface area contributed by atoms with Crippen molar-refractivity contribution >= 4 is 281 Å². The maximum atomic E-state index is 13.2. The van der Waals surface area contributed by atoms with Crippen molar-refractivity contribution < 1.29 is 112 Å². The van der Waals surface area contributed by atoms with Gasteiger partial charge in [0.25, 0.3) is 0 Å². The summed E-state index contributed by atoms with van der Waals surface area (Å²) in [4.78, 5) is 64.4. The van der Waals surface area contributed by atoms with Crippen LogP contribution in [0.2, 0.25) is 20.1 Å². The van der Waals surface area contributed by atoms with Crippen LogP contribution < -0.4 is 34.3 Å². The van der Waals surface area contributed by atoms with Crippen molar-refractivity contribution in [2.75, 3.05) is 14.1 Å². The van der Waals surface area contributed by atoms with Gasteiger partial charge in [0.05, 0.1) is 95.2 Å². The molecule has 2 atom stereocenters. The number of rotatable bonds is 6. The fourth-order valence-electron chi connectivity index (χ4n) is 20.5. The van der Waals surface area contributed by atoms with E-state index in [9.17, 15) is 64.8 Å². The number of esters is 5. The number of benzene rings is 15. The van der Waals surface area contributed by atoms with Gasteiger partial charge in [0.15, 0.2) is 74.0 Å². The van der Waals surface area contributed by atoms with E-state index >= 15 is 0 Å². The number of carbonyl (C=O) groups excluding carboxylic acids is 5. The Kier molecular flexibility index (Phi) is 27.8. The highest BCUT2D eigenvalue weighted by Gasteiger charge is 2.62. The Morgan fingerprint density at radius 1 is 0.289 bits per heavy atom. The van der Waals surface area contributed by atoms with Crippen LogP contribution in [-0.2, 0) is 51.7 Å². The summed E-state index contributed by atoms with van der Waals surface area (Å²) < 4.78 is 65.2. The Bertz CT molecular complexity index is 8020. The molecule has 0 amide bonds. The first-order valence-electron chi connectivity index (χ1n) is 44.5. The molecule has 15 aromatic carbocycles. The normalized spacial score (nSPS) is 16.4. The highest BCUT2D eigenvalue weighted by Crippen LogP contribution is 2.70. The van der Waals surface area contributed by atoms with Crippen molar-refractivity contribution in [3.8, 4) is 103 Å². The predicted octanol–water partition coefficient (Wildman–Crippen LogP) is 31.7. The Morgan fingerprint density at radius 2 is 0.550 bits per heavy atom. The van der Waals surface area contributed by atoms with Gasteiger partial charge in [-0.25, -0.2) is 24.0 Å². The number of phenolic OH excluding ortho intramolecular Hbond substituents is 8. The number of fused-ring (bicyclic) bond motifs is 30. The smallest absolute Gasteiger partial charge is 0.341 e. The Morgan fingerprint density at radius 3 is 0.872 bits per heavy atom. The molecule has 0 saturated heterocycles. The molecule has 10 aliphatic heterocycles. The molecule has 25 nitrogen and oxygen atoms in total. The summed E-state index contributed by atoms with van der Waals surface area (Å²) in [7, 11) is 3.93. The molecule has 10 N–H and O–H groups in total. The van der Waals surface area contributed by atoms with Gasteiger partial charge in [0.2, 0.25) is 0 Å². The SMILES string of the molecule is CCC(NC)c1ccc2c(c1)Oc1cc(C(CC)NC)ccc1C21OC(=O)c2ccccc21.O=C1OC2(c3cc(Br)c(O)c(Br)c3Oc3c2cc(Br)c(O)c3Br)c2c(Cl)c(Cl)c(Cl)c(Cl)c21.O=C1OC2(c3ccccc31)c1cc(Br)c(O)c(Br)c1Oc1c2cc(Br)c(O)c1Br.O=C1OC2(c3ccccc31)c1ccc(O)c(Br)c1Oc1c2ccc(O)c1Br.O=C1OC2(c3ccccc31)c1ccc(O)c(I)c1Oc1c2ccc(O)c1I. The van der Waals surface area contributed by atoms with E-state index in [0.29, 0.717) is 140 Å². The summed E-state index contributed by atoms with van der Waals surface area (Å²) in [6.07, 6.45) is 1.92. The van der Waals surface area contributed by atoms with Crippen LogP contribution in [-0.4, -0.2) is 84.8 Å². The second-order valence-electron chi connectivity index (χ2n) is 34.8. The number of hydrogen-bond donors (Lipinski definition) is 10. The largest absolute Gasteiger partial charge is 0.507 e. The topological polar surface area (TPSA) is 364 Å². The van der Waals surface area contributed by atoms with Crippen LogP contribution in [0.15, 0.2) is 251 Å². The van der Waals surface area contributed by atoms with Crippen LogP contribution in [0, 0.1) is 7.14 Å². The van der Waals surface area contributed by atoms with Gasteiger partial charge < -0.3 is 98.9 Å². The first-order valence-corrected chi connectivity index (χ1v) is 56.1. The molecule has 25 rings (SSSR count). The standard InChI is InChI=1S/C28H30N2O3.C20H4Br4Cl4O5.C20H8Br4O5.C20H10Br2O5.C20H10I2O5/c1-5-23(29-3)17-11-13-21-25(15-17)32-26-16-18(24(6-2)30-4)12-14-22(26)28(21)20-10-8-7-9-19(20)27(31)33-28;21-5-1-3-17(9(23)15(5)29)32-18-4(2-6(22)16(30)10(18)24)20(3)8-7(19(31)33-20)11(25)13(27)14(28)12(8)26;21-11-5-9-17(13(23)15(11)25)28-18-10(6-12(22)16(26)14(18)24)20(9)8-4-2-1-3-7(8)19(27)29-20;2*21-15-13(23)7-5-11-17(15)26-18-12(6-8-14(24)16(18)22)20(11)10-4-2-1-3-9(10)19(25)27-20/h7-16,23-24,29-30H,5-6H2,1-4H3;1-2,29-30H;1-6,25-26H;2*1-8,23-24H. The van der Waals surface area contributed by atoms with E-state index in [1.807, 2.05) is 120 Å². The third-order valence-corrected chi connectivity index (χ3v) is 38.0. The van der Waals surface area contributed by atoms with E-state index in [4.69, 9.17) is 93.8 Å². The number of ether oxygens (including phenoxy) is 10. The number of halogens is 16. The van der Waals surface area contributed by atoms with Gasteiger partial charge in [0.1, 0.15) is 84.3 Å². The minimum atomic E-state index is -1.72. The fourth-order valence-corrected chi connectivity index (χ4v) is 28.4. The lowest BCUT2D eigenvalue weighted by Crippen LogP contribution is -2.33. The molecule has 15 aromatic rings. The minimum absolute atomic E-state index is 0.0127. The molecule has 0 radical (unpaired) electrons. The van der Waals surface area contributed by atoms with Crippen LogP contribution in [0.1, 0.15) is 185 Å². The molecule has 0 saturated carbocycles. The van der Waals surface area contributed by atoms with E-state index in [0.717, 1.165) is 52.2 Å². The molecule has 149 heavy (non-hydrogen) atoms. The number of aromatic hydroxyl groups is 8. The lowest BCUT2D eigenvalue weighted by molar-refractivity contribution is 0.0212. The highest BCUT2D eigenvalue weighted by atomic mass is 127. The Labute approximate surface area is 977 Å². The summed E-state index contributed by atoms with van der Waals surface area (Å²) in [6.45, 7) is 4.31. The van der Waals surface area contributed by atoms with Crippen molar-refractivity contribution in [2.24, 2.45) is 0 Å². The zero-order valence-electron chi connectivity index (χ0n) is 75.9. The van der Waals surface area contributed by atoms with Crippen molar-refractivity contribution in [1.82, 2.24) is 10.6 Å². The van der Waals surface area contributed by atoms with E-state index in [-0.39, 0.29) is 136 Å². The second kappa shape index (κ2) is 39.4. The van der Waals surface area contributed by atoms with Crippen LogP contribution in [0.3, 0.4) is 0 Å². The maximum Gasteiger partial charge on any atom is 0.341 e. The van der Waals surface area contributed by atoms with Gasteiger partial charge in [-0.15, -0.1) is 0 Å². The molecule has 5 spiro atoms. The van der Waals surface area contributed by atoms with Crippen LogP contribution in [0.5, 0.6) is 103 Å². The molecule has 0 bridgehead atoms. The van der Waals surface area contributed by atoms with Gasteiger partial charge in [-0.1, -0.05) is 157 Å². The average Bonchev–Trinajstić information content (AvgIpc) is 1.40. The molecule has 41 heteroatoms. The number of hydrogen-bond acceptors (Lipinski definition) is 25. The number of carbonyl (C=O) groups is 5. The molecule has 10 heterocycles. The molecule has 0 fully saturated rings. The van der Waals surface area contributed by atoms with Crippen LogP contribution in [0.25, 0.3) is 0 Å². The van der Waals surface area contributed by atoms with E-state index < -0.39 is 51.9 Å². The van der Waals surface area contributed by atoms with Crippen molar-refractivity contribution in [2.45, 2.75) is 66.8 Å². The molecule has 0 aromatic heterocycles. The third kappa shape index (κ3) is 15.8. The predicted molar refractivity (Wildman–Crippen MR) is 603 cm³/mol. The minimum Gasteiger partial charge on any atom is -0.507 e. The number of phenols is 8. The average molecular weight is 2950 g/mol. The lowest BCUT2D eigenvalue weighted by atomic mass is 9.77. The molecular weight excluding hydrogens is 2890 g/mol. The molecule has 10 aliphatic rings. The van der Waals surface area contributed by atoms with Gasteiger partial charge >= 0.3 is 29.8 Å². The quantitative estimate of drug-likeness (QED) is 0.0243. The summed E-state index contributed by atoms with van der Waals surface area (Å²) in [5.74, 6) is 0.956. The molecular formula is C108H62Br10Cl4I2N2O23. The maximum absolute atomic E-state index is 13.2. The van der Waals surface area contributed by atoms with Gasteiger partial charge in [-0.3, -0.25) is 0 Å². The van der Waals surface area contributed by atoms with E-state index in [1.54, 1.807) is 84.9 Å². The molecule has 0 aliphatic carbocycles. The van der Waals surface area contributed by atoms with Crippen molar-refractivity contribution in [1.29, 1.82) is 0 Å². The van der Waals surface area contributed by atoms with Crippen molar-refractivity contribution in [3.63, 3.8) is 0 Å². The van der Waals surface area contributed by atoms with Crippen LogP contribution >= 0.6 is 251 Å². The monoisotopic (exact) mass is 2940 g/mol. The highest BCUT2D eigenvalue weighted by molar-refractivity contribution is 14.1. The summed E-state index contributed by atoms with van der Waals surface area (Å²) >= 11 is 63.2. The lowest BCUT2D eigenvalue weighted by Gasteiger charge is -2.38.